The topological polar surface area (TPSA) is 71.3 Å². The third kappa shape index (κ3) is 5.07. The highest BCUT2D eigenvalue weighted by Gasteiger charge is 2.09. The van der Waals surface area contributed by atoms with Crippen LogP contribution in [0.15, 0.2) is 71.3 Å². The molecular formula is C22H22N2O3. The van der Waals surface area contributed by atoms with Gasteiger partial charge in [-0.25, -0.2) is 0 Å². The summed E-state index contributed by atoms with van der Waals surface area (Å²) in [5.74, 6) is -0.142. The number of hydrogen-bond donors (Lipinski definition) is 2. The smallest absolute Gasteiger partial charge is 0.291 e. The van der Waals surface area contributed by atoms with Gasteiger partial charge in [0, 0.05) is 17.8 Å². The van der Waals surface area contributed by atoms with E-state index in [1.807, 2.05) is 36.4 Å². The maximum atomic E-state index is 12.3. The molecule has 2 N–H and O–H groups in total. The summed E-state index contributed by atoms with van der Waals surface area (Å²) in [5, 5.41) is 5.67. The lowest BCUT2D eigenvalue weighted by atomic mass is 10.1. The van der Waals surface area contributed by atoms with Gasteiger partial charge >= 0.3 is 0 Å². The molecule has 0 saturated heterocycles. The van der Waals surface area contributed by atoms with Gasteiger partial charge in [-0.1, -0.05) is 37.6 Å². The van der Waals surface area contributed by atoms with Crippen LogP contribution >= 0.6 is 0 Å². The second-order valence-electron chi connectivity index (χ2n) is 6.26. The molecule has 0 unspecified atom stereocenters. The van der Waals surface area contributed by atoms with Crippen molar-refractivity contribution in [3.8, 4) is 0 Å². The molecule has 2 amide bonds. The Labute approximate surface area is 158 Å². The van der Waals surface area contributed by atoms with E-state index in [-0.39, 0.29) is 17.6 Å². The van der Waals surface area contributed by atoms with Crippen molar-refractivity contribution in [2.45, 2.75) is 26.3 Å². The normalized spacial score (nSPS) is 10.4. The monoisotopic (exact) mass is 362 g/mol. The van der Waals surface area contributed by atoms with E-state index in [0.29, 0.717) is 17.8 Å². The second kappa shape index (κ2) is 8.85. The summed E-state index contributed by atoms with van der Waals surface area (Å²) in [6, 6.07) is 18.3. The molecule has 0 aliphatic carbocycles. The van der Waals surface area contributed by atoms with Gasteiger partial charge in [-0.3, -0.25) is 9.59 Å². The van der Waals surface area contributed by atoms with Gasteiger partial charge < -0.3 is 15.1 Å². The highest BCUT2D eigenvalue weighted by Crippen LogP contribution is 2.12. The number of hydrogen-bond acceptors (Lipinski definition) is 3. The summed E-state index contributed by atoms with van der Waals surface area (Å²) in [5.41, 5.74) is 3.50. The fraction of sp³-hybridized carbons (Fsp3) is 0.182. The average molecular weight is 362 g/mol. The number of amides is 2. The Balaban J connectivity index is 1.52. The highest BCUT2D eigenvalue weighted by molar-refractivity contribution is 6.02. The van der Waals surface area contributed by atoms with Crippen LogP contribution in [-0.4, -0.2) is 11.8 Å². The molecule has 0 aliphatic heterocycles. The molecule has 0 radical (unpaired) electrons. The molecule has 0 bridgehead atoms. The van der Waals surface area contributed by atoms with Crippen LogP contribution in [0.4, 0.5) is 5.69 Å². The number of rotatable bonds is 7. The van der Waals surface area contributed by atoms with Crippen molar-refractivity contribution in [2.24, 2.45) is 0 Å². The molecule has 0 spiro atoms. The van der Waals surface area contributed by atoms with Crippen LogP contribution in [0.5, 0.6) is 0 Å². The summed E-state index contributed by atoms with van der Waals surface area (Å²) < 4.78 is 5.06. The van der Waals surface area contributed by atoms with E-state index < -0.39 is 0 Å². The molecular weight excluding hydrogens is 340 g/mol. The SMILES string of the molecule is CCCc1ccc(C(=O)NCc2ccc(NC(=O)c3ccco3)cc2)cc1. The number of carbonyl (C=O) groups is 2. The van der Waals surface area contributed by atoms with Crippen LogP contribution in [0.1, 0.15) is 45.4 Å². The maximum absolute atomic E-state index is 12.3. The van der Waals surface area contributed by atoms with Crippen molar-refractivity contribution >= 4 is 17.5 Å². The first kappa shape index (κ1) is 18.5. The van der Waals surface area contributed by atoms with E-state index in [2.05, 4.69) is 17.6 Å². The van der Waals surface area contributed by atoms with Crippen LogP contribution < -0.4 is 10.6 Å². The Morgan fingerprint density at radius 3 is 2.22 bits per heavy atom. The van der Waals surface area contributed by atoms with Crippen molar-refractivity contribution in [3.05, 3.63) is 89.4 Å². The number of carbonyl (C=O) groups excluding carboxylic acids is 2. The molecule has 3 aromatic rings. The number of aryl methyl sites for hydroxylation is 1. The van der Waals surface area contributed by atoms with Crippen molar-refractivity contribution in [3.63, 3.8) is 0 Å². The second-order valence-corrected chi connectivity index (χ2v) is 6.26. The largest absolute Gasteiger partial charge is 0.459 e. The van der Waals surface area contributed by atoms with Crippen LogP contribution in [0.25, 0.3) is 0 Å². The van der Waals surface area contributed by atoms with Gasteiger partial charge in [-0.2, -0.15) is 0 Å². The molecule has 1 aromatic heterocycles. The minimum absolute atomic E-state index is 0.103. The van der Waals surface area contributed by atoms with Gasteiger partial charge in [0.2, 0.25) is 0 Å². The Bertz CT molecular complexity index is 882. The fourth-order valence-electron chi connectivity index (χ4n) is 2.70. The highest BCUT2D eigenvalue weighted by atomic mass is 16.3. The van der Waals surface area contributed by atoms with E-state index >= 15 is 0 Å². The van der Waals surface area contributed by atoms with Gasteiger partial charge in [0.1, 0.15) is 0 Å². The quantitative estimate of drug-likeness (QED) is 0.654. The van der Waals surface area contributed by atoms with Crippen LogP contribution in [-0.2, 0) is 13.0 Å². The van der Waals surface area contributed by atoms with Gasteiger partial charge in [-0.05, 0) is 53.9 Å². The molecule has 0 fully saturated rings. The molecule has 0 aliphatic rings. The molecule has 2 aromatic carbocycles. The summed E-state index contributed by atoms with van der Waals surface area (Å²) in [7, 11) is 0. The predicted octanol–water partition coefficient (Wildman–Crippen LogP) is 4.41. The van der Waals surface area contributed by atoms with E-state index in [1.54, 1.807) is 24.3 Å². The first-order chi connectivity index (χ1) is 13.2. The Kier molecular flexibility index (Phi) is 6.05. The third-order valence-electron chi connectivity index (χ3n) is 4.16. The first-order valence-corrected chi connectivity index (χ1v) is 8.96. The minimum Gasteiger partial charge on any atom is -0.459 e. The number of nitrogens with one attached hydrogen (secondary N) is 2. The van der Waals surface area contributed by atoms with Gasteiger partial charge in [0.25, 0.3) is 11.8 Å². The zero-order valence-electron chi connectivity index (χ0n) is 15.2. The Morgan fingerprint density at radius 1 is 0.889 bits per heavy atom. The lowest BCUT2D eigenvalue weighted by Crippen LogP contribution is -2.22. The van der Waals surface area contributed by atoms with Crippen molar-refractivity contribution < 1.29 is 14.0 Å². The molecule has 5 nitrogen and oxygen atoms in total. The van der Waals surface area contributed by atoms with Crippen LogP contribution in [0.2, 0.25) is 0 Å². The van der Waals surface area contributed by atoms with E-state index in [4.69, 9.17) is 4.42 Å². The molecule has 5 heteroatoms. The van der Waals surface area contributed by atoms with Crippen molar-refractivity contribution in [1.29, 1.82) is 0 Å². The summed E-state index contributed by atoms with van der Waals surface area (Å²) in [4.78, 5) is 24.2. The molecule has 138 valence electrons. The zero-order valence-corrected chi connectivity index (χ0v) is 15.2. The standard InChI is InChI=1S/C22H22N2O3/c1-2-4-16-6-10-18(11-7-16)21(25)23-15-17-8-12-19(13-9-17)24-22(26)20-5-3-14-27-20/h3,5-14H,2,4,15H2,1H3,(H,23,25)(H,24,26). The Hall–Kier alpha value is -3.34. The molecule has 0 saturated carbocycles. The van der Waals surface area contributed by atoms with E-state index in [9.17, 15) is 9.59 Å². The predicted molar refractivity (Wildman–Crippen MR) is 105 cm³/mol. The summed E-state index contributed by atoms with van der Waals surface area (Å²) in [6.45, 7) is 2.55. The van der Waals surface area contributed by atoms with Crippen molar-refractivity contribution in [1.82, 2.24) is 5.32 Å². The minimum atomic E-state index is -0.299. The third-order valence-corrected chi connectivity index (χ3v) is 4.16. The van der Waals surface area contributed by atoms with Crippen molar-refractivity contribution in [2.75, 3.05) is 5.32 Å². The number of anilines is 1. The zero-order chi connectivity index (χ0) is 19.1. The lowest BCUT2D eigenvalue weighted by molar-refractivity contribution is 0.0949. The van der Waals surface area contributed by atoms with E-state index in [0.717, 1.165) is 18.4 Å². The molecule has 3 rings (SSSR count). The maximum Gasteiger partial charge on any atom is 0.291 e. The average Bonchev–Trinajstić information content (AvgIpc) is 3.23. The fourth-order valence-corrected chi connectivity index (χ4v) is 2.70. The lowest BCUT2D eigenvalue weighted by Gasteiger charge is -2.08. The van der Waals surface area contributed by atoms with Crippen LogP contribution in [0.3, 0.4) is 0 Å². The number of benzene rings is 2. The molecule has 1 heterocycles. The summed E-state index contributed by atoms with van der Waals surface area (Å²) >= 11 is 0. The summed E-state index contributed by atoms with van der Waals surface area (Å²) in [6.07, 6.45) is 3.56. The van der Waals surface area contributed by atoms with Gasteiger partial charge in [0.15, 0.2) is 5.76 Å². The van der Waals surface area contributed by atoms with Gasteiger partial charge in [-0.15, -0.1) is 0 Å². The van der Waals surface area contributed by atoms with E-state index in [1.165, 1.54) is 11.8 Å². The number of furan rings is 1. The van der Waals surface area contributed by atoms with Crippen LogP contribution in [0, 0.1) is 0 Å². The molecule has 27 heavy (non-hydrogen) atoms. The molecule has 0 atom stereocenters. The van der Waals surface area contributed by atoms with Gasteiger partial charge in [0.05, 0.1) is 6.26 Å². The Morgan fingerprint density at radius 2 is 1.59 bits per heavy atom. The first-order valence-electron chi connectivity index (χ1n) is 8.96.